The first-order valence-electron chi connectivity index (χ1n) is 26.8. The molecule has 414 valence electrons. The van der Waals surface area contributed by atoms with Crippen LogP contribution in [0.2, 0.25) is 5.02 Å². The van der Waals surface area contributed by atoms with E-state index in [0.717, 1.165) is 60.6 Å². The number of likely N-dealkylation sites (N-methyl/N-ethyl adjacent to an activating group) is 2. The number of nitrogens with zero attached hydrogens (tertiary/aromatic N) is 2. The van der Waals surface area contributed by atoms with Gasteiger partial charge in [-0.15, -0.1) is 0 Å². The smallest absolute Gasteiger partial charge is 0.254 e. The molecule has 0 aromatic heterocycles. The molecule has 12 rings (SSSR count). The number of benzene rings is 9. The SMILES string of the molecule is CN1C(=O)C(Cc2ccc(-c3ccccc3)cc2)NC(=O)c2cc(Br)ccc21.CN1C(=O)C(Cc2ccc(-c3ccccc3)cc2)NC(=O)c2cc(F)ccc21.O=C1NC(Cc2ccc(-c3ccccc3)cc2)C(=O)Nc2ccc(Cl)cc21. The van der Waals surface area contributed by atoms with Gasteiger partial charge in [-0.25, -0.2) is 4.39 Å². The molecule has 9 aromatic rings. The number of amides is 6. The molecule has 0 spiro atoms. The van der Waals surface area contributed by atoms with E-state index in [1.54, 1.807) is 49.3 Å². The lowest BCUT2D eigenvalue weighted by Crippen LogP contribution is -2.45. The first-order chi connectivity index (χ1) is 40.1. The van der Waals surface area contributed by atoms with Crippen molar-refractivity contribution in [3.63, 3.8) is 0 Å². The molecule has 6 amide bonds. The monoisotopic (exact) mass is 1180 g/mol. The lowest BCUT2D eigenvalue weighted by molar-refractivity contribution is -0.120. The summed E-state index contributed by atoms with van der Waals surface area (Å²) < 4.78 is 14.4. The van der Waals surface area contributed by atoms with Gasteiger partial charge in [0.25, 0.3) is 17.7 Å². The van der Waals surface area contributed by atoms with Gasteiger partial charge in [0.1, 0.15) is 23.9 Å². The van der Waals surface area contributed by atoms with Crippen molar-refractivity contribution in [2.24, 2.45) is 0 Å². The average molecular weight is 1190 g/mol. The summed E-state index contributed by atoms with van der Waals surface area (Å²) >= 11 is 9.36. The molecule has 0 fully saturated rings. The second kappa shape index (κ2) is 25.5. The third kappa shape index (κ3) is 13.5. The zero-order valence-electron chi connectivity index (χ0n) is 45.1. The van der Waals surface area contributed by atoms with Crippen molar-refractivity contribution in [1.29, 1.82) is 0 Å². The minimum Gasteiger partial charge on any atom is -0.340 e. The molecule has 0 bridgehead atoms. The third-order valence-electron chi connectivity index (χ3n) is 14.6. The summed E-state index contributed by atoms with van der Waals surface area (Å²) in [6.45, 7) is 0. The van der Waals surface area contributed by atoms with Crippen LogP contribution in [0.25, 0.3) is 33.4 Å². The van der Waals surface area contributed by atoms with Gasteiger partial charge in [0.15, 0.2) is 0 Å². The Hall–Kier alpha value is -9.50. The van der Waals surface area contributed by atoms with Gasteiger partial charge >= 0.3 is 0 Å². The van der Waals surface area contributed by atoms with Gasteiger partial charge in [-0.3, -0.25) is 28.8 Å². The minimum absolute atomic E-state index is 0.124. The van der Waals surface area contributed by atoms with Crippen LogP contribution in [0.4, 0.5) is 21.5 Å². The lowest BCUT2D eigenvalue weighted by atomic mass is 10.00. The van der Waals surface area contributed by atoms with Gasteiger partial charge in [-0.05, 0) is 105 Å². The Balaban J connectivity index is 0.000000139. The summed E-state index contributed by atoms with van der Waals surface area (Å²) in [4.78, 5) is 79.0. The number of fused-ring (bicyclic) bond motifs is 3. The van der Waals surface area contributed by atoms with E-state index in [2.05, 4.69) is 61.5 Å². The van der Waals surface area contributed by atoms with Crippen molar-refractivity contribution in [3.8, 4) is 33.4 Å². The van der Waals surface area contributed by atoms with Crippen LogP contribution in [0.15, 0.2) is 223 Å². The number of rotatable bonds is 9. The minimum atomic E-state index is -0.712. The number of carbonyl (C=O) groups is 6. The topological polar surface area (TPSA) is 157 Å². The molecule has 3 heterocycles. The number of halogens is 3. The van der Waals surface area contributed by atoms with Crippen LogP contribution in [0.3, 0.4) is 0 Å². The molecule has 3 unspecified atom stereocenters. The van der Waals surface area contributed by atoms with Gasteiger partial charge in [0, 0.05) is 42.9 Å². The van der Waals surface area contributed by atoms with E-state index in [9.17, 15) is 33.2 Å². The molecule has 0 saturated carbocycles. The fraction of sp³-hybridized carbons (Fsp3) is 0.118. The van der Waals surface area contributed by atoms with Crippen molar-refractivity contribution in [1.82, 2.24) is 16.0 Å². The Morgan fingerprint density at radius 3 is 1.24 bits per heavy atom. The van der Waals surface area contributed by atoms with Crippen molar-refractivity contribution < 1.29 is 33.2 Å². The number of anilines is 3. The number of hydrogen-bond donors (Lipinski definition) is 4. The quantitative estimate of drug-likeness (QED) is 0.113. The summed E-state index contributed by atoms with van der Waals surface area (Å²) in [6.07, 6.45) is 1.22. The average Bonchev–Trinajstić information content (AvgIpc) is 4.04. The molecule has 0 saturated heterocycles. The van der Waals surface area contributed by atoms with E-state index in [1.165, 1.54) is 17.0 Å². The van der Waals surface area contributed by atoms with E-state index in [0.29, 0.717) is 52.5 Å². The molecule has 15 heteroatoms. The maximum atomic E-state index is 13.6. The van der Waals surface area contributed by atoms with Crippen LogP contribution >= 0.6 is 27.5 Å². The highest BCUT2D eigenvalue weighted by Crippen LogP contribution is 2.30. The normalized spacial score (nSPS) is 16.3. The fourth-order valence-corrected chi connectivity index (χ4v) is 10.7. The van der Waals surface area contributed by atoms with Gasteiger partial charge in [0.05, 0.1) is 33.8 Å². The van der Waals surface area contributed by atoms with Crippen molar-refractivity contribution in [2.75, 3.05) is 29.2 Å². The van der Waals surface area contributed by atoms with Crippen LogP contribution in [0, 0.1) is 5.82 Å². The van der Waals surface area contributed by atoms with Crippen LogP contribution in [-0.4, -0.2) is 67.7 Å². The van der Waals surface area contributed by atoms with E-state index in [4.69, 9.17) is 11.6 Å². The van der Waals surface area contributed by atoms with E-state index >= 15 is 0 Å². The second-order valence-corrected chi connectivity index (χ2v) is 21.5. The predicted molar refractivity (Wildman–Crippen MR) is 328 cm³/mol. The third-order valence-corrected chi connectivity index (χ3v) is 15.3. The maximum absolute atomic E-state index is 13.6. The zero-order valence-corrected chi connectivity index (χ0v) is 47.5. The molecule has 3 aliphatic rings. The summed E-state index contributed by atoms with van der Waals surface area (Å²) in [5.41, 5.74) is 12.1. The van der Waals surface area contributed by atoms with Gasteiger partial charge in [0.2, 0.25) is 17.7 Å². The summed E-state index contributed by atoms with van der Waals surface area (Å²) in [5.74, 6) is -2.09. The van der Waals surface area contributed by atoms with Gasteiger partial charge in [-0.2, -0.15) is 0 Å². The highest BCUT2D eigenvalue weighted by Gasteiger charge is 2.34. The number of carbonyl (C=O) groups excluding carboxylic acids is 6. The molecule has 3 atom stereocenters. The number of hydrogen-bond acceptors (Lipinski definition) is 6. The first kappa shape index (κ1) is 56.8. The molecule has 9 aromatic carbocycles. The standard InChI is InChI=1S/C23H19BrN2O2.C23H19FN2O2.C22H17ClN2O2/c2*1-26-21-12-11-18(24)14-19(21)22(27)25-20(23(26)28)13-15-7-9-17(10-8-15)16-5-3-2-4-6-16;23-17-10-11-19-18(13-17)21(26)25-20(22(27)24-19)12-14-6-8-16(9-7-14)15-4-2-1-3-5-15/h2*2-12,14,20H,13H2,1H3,(H,25,27);1-11,13,20H,12H2,(H,24,27)(H,25,26). The van der Waals surface area contributed by atoms with Crippen LogP contribution in [0.5, 0.6) is 0 Å². The molecular formula is C68H55BrClFN6O6. The Morgan fingerprint density at radius 1 is 0.422 bits per heavy atom. The zero-order chi connectivity index (χ0) is 58.1. The van der Waals surface area contributed by atoms with Crippen LogP contribution in [0.1, 0.15) is 47.8 Å². The molecule has 0 radical (unpaired) electrons. The summed E-state index contributed by atoms with van der Waals surface area (Å²) in [7, 11) is 3.31. The fourth-order valence-electron chi connectivity index (χ4n) is 10.1. The highest BCUT2D eigenvalue weighted by atomic mass is 79.9. The predicted octanol–water partition coefficient (Wildman–Crippen LogP) is 12.5. The molecule has 4 N–H and O–H groups in total. The first-order valence-corrected chi connectivity index (χ1v) is 27.9. The summed E-state index contributed by atoms with van der Waals surface area (Å²) in [6, 6.07) is 66.4. The van der Waals surface area contributed by atoms with E-state index in [1.807, 2.05) is 146 Å². The van der Waals surface area contributed by atoms with Gasteiger partial charge < -0.3 is 31.1 Å². The largest absolute Gasteiger partial charge is 0.340 e. The molecule has 83 heavy (non-hydrogen) atoms. The van der Waals surface area contributed by atoms with Crippen molar-refractivity contribution >= 4 is 80.0 Å². The van der Waals surface area contributed by atoms with Crippen LogP contribution < -0.4 is 31.1 Å². The molecule has 3 aliphatic heterocycles. The lowest BCUT2D eigenvalue weighted by Gasteiger charge is -2.21. The molecule has 12 nitrogen and oxygen atoms in total. The second-order valence-electron chi connectivity index (χ2n) is 20.2. The van der Waals surface area contributed by atoms with Crippen molar-refractivity contribution in [2.45, 2.75) is 37.4 Å². The summed E-state index contributed by atoms with van der Waals surface area (Å²) in [5, 5.41) is 11.7. The molecule has 0 aliphatic carbocycles. The Morgan fingerprint density at radius 2 is 0.795 bits per heavy atom. The maximum Gasteiger partial charge on any atom is 0.254 e. The number of nitrogens with one attached hydrogen (secondary N) is 4. The Labute approximate surface area is 493 Å². The highest BCUT2D eigenvalue weighted by molar-refractivity contribution is 9.10. The van der Waals surface area contributed by atoms with Crippen molar-refractivity contribution in [3.05, 3.63) is 267 Å². The van der Waals surface area contributed by atoms with E-state index in [-0.39, 0.29) is 35.1 Å². The van der Waals surface area contributed by atoms with E-state index < -0.39 is 29.8 Å². The molecular weight excluding hydrogens is 1130 g/mol. The van der Waals surface area contributed by atoms with Gasteiger partial charge in [-0.1, -0.05) is 191 Å². The Bertz CT molecular complexity index is 3700. The van der Waals surface area contributed by atoms with Crippen LogP contribution in [-0.2, 0) is 33.6 Å². The Kier molecular flexibility index (Phi) is 17.5.